The molecule has 0 fully saturated rings. The summed E-state index contributed by atoms with van der Waals surface area (Å²) in [4.78, 5) is 24.0. The molecule has 1 heterocycles. The molecule has 3 aromatic rings. The first-order valence-corrected chi connectivity index (χ1v) is 8.40. The lowest BCUT2D eigenvalue weighted by Crippen LogP contribution is -2.23. The van der Waals surface area contributed by atoms with E-state index in [0.29, 0.717) is 23.4 Å². The largest absolute Gasteiger partial charge is 0.352 e. The molecule has 27 heavy (non-hydrogen) atoms. The highest BCUT2D eigenvalue weighted by Gasteiger charge is 2.12. The van der Waals surface area contributed by atoms with Crippen LogP contribution in [0.15, 0.2) is 54.7 Å². The summed E-state index contributed by atoms with van der Waals surface area (Å²) < 4.78 is 14.6. The number of hydrogen-bond donors (Lipinski definition) is 2. The van der Waals surface area contributed by atoms with Crippen LogP contribution in [0.3, 0.4) is 0 Å². The standard InChI is InChI=1S/C19H18FN5O2/c1-2-21-18(26)14-6-8-16(9-7-14)25-12-17(23-24-25)19(27)22-11-13-4-3-5-15(20)10-13/h3-10,12H,2,11H2,1H3,(H,21,26)(H,22,27). The molecule has 8 heteroatoms. The van der Waals surface area contributed by atoms with Crippen LogP contribution in [-0.2, 0) is 6.54 Å². The van der Waals surface area contributed by atoms with E-state index in [0.717, 1.165) is 0 Å². The second kappa shape index (κ2) is 8.22. The Kier molecular flexibility index (Phi) is 5.55. The number of nitrogens with one attached hydrogen (secondary N) is 2. The molecule has 0 unspecified atom stereocenters. The van der Waals surface area contributed by atoms with Crippen molar-refractivity contribution in [3.63, 3.8) is 0 Å². The van der Waals surface area contributed by atoms with Gasteiger partial charge in [-0.15, -0.1) is 5.10 Å². The second-order valence-electron chi connectivity index (χ2n) is 5.77. The first-order chi connectivity index (χ1) is 13.1. The van der Waals surface area contributed by atoms with Gasteiger partial charge in [0.1, 0.15) is 5.82 Å². The van der Waals surface area contributed by atoms with Gasteiger partial charge in [0.2, 0.25) is 0 Å². The fraction of sp³-hybridized carbons (Fsp3) is 0.158. The monoisotopic (exact) mass is 367 g/mol. The van der Waals surface area contributed by atoms with Gasteiger partial charge in [-0.3, -0.25) is 9.59 Å². The molecule has 7 nitrogen and oxygen atoms in total. The van der Waals surface area contributed by atoms with Crippen LogP contribution >= 0.6 is 0 Å². The Labute approximate surface area is 155 Å². The lowest BCUT2D eigenvalue weighted by molar-refractivity contribution is 0.0941. The molecule has 138 valence electrons. The van der Waals surface area contributed by atoms with Crippen LogP contribution in [0.1, 0.15) is 33.3 Å². The Morgan fingerprint density at radius 1 is 1.07 bits per heavy atom. The summed E-state index contributed by atoms with van der Waals surface area (Å²) in [6.07, 6.45) is 1.49. The molecule has 0 spiro atoms. The van der Waals surface area contributed by atoms with Crippen molar-refractivity contribution in [1.82, 2.24) is 25.6 Å². The van der Waals surface area contributed by atoms with E-state index < -0.39 is 5.91 Å². The molecule has 0 atom stereocenters. The first kappa shape index (κ1) is 18.2. The van der Waals surface area contributed by atoms with E-state index in [9.17, 15) is 14.0 Å². The Balaban J connectivity index is 1.65. The number of carbonyl (C=O) groups excluding carboxylic acids is 2. The highest BCUT2D eigenvalue weighted by molar-refractivity contribution is 5.94. The Hall–Kier alpha value is -3.55. The predicted octanol–water partition coefficient (Wildman–Crippen LogP) is 2.09. The third-order valence-electron chi connectivity index (χ3n) is 3.80. The van der Waals surface area contributed by atoms with Crippen molar-refractivity contribution in [2.75, 3.05) is 6.54 Å². The van der Waals surface area contributed by atoms with Crippen molar-refractivity contribution in [3.8, 4) is 5.69 Å². The highest BCUT2D eigenvalue weighted by Crippen LogP contribution is 2.10. The quantitative estimate of drug-likeness (QED) is 0.698. The summed E-state index contributed by atoms with van der Waals surface area (Å²) in [5.41, 5.74) is 1.99. The number of carbonyl (C=O) groups is 2. The molecule has 0 saturated heterocycles. The van der Waals surface area contributed by atoms with Gasteiger partial charge in [0.15, 0.2) is 5.69 Å². The van der Waals surface area contributed by atoms with Crippen molar-refractivity contribution in [2.45, 2.75) is 13.5 Å². The van der Waals surface area contributed by atoms with Gasteiger partial charge in [0.25, 0.3) is 11.8 Å². The summed E-state index contributed by atoms with van der Waals surface area (Å²) >= 11 is 0. The van der Waals surface area contributed by atoms with E-state index in [1.54, 1.807) is 36.4 Å². The highest BCUT2D eigenvalue weighted by atomic mass is 19.1. The molecular weight excluding hydrogens is 349 g/mol. The zero-order valence-electron chi connectivity index (χ0n) is 14.6. The van der Waals surface area contributed by atoms with Gasteiger partial charge in [-0.05, 0) is 48.9 Å². The summed E-state index contributed by atoms with van der Waals surface area (Å²) in [5, 5.41) is 13.2. The maximum Gasteiger partial charge on any atom is 0.273 e. The molecule has 0 bridgehead atoms. The molecular formula is C19H18FN5O2. The molecule has 0 aliphatic carbocycles. The van der Waals surface area contributed by atoms with Crippen molar-refractivity contribution in [3.05, 3.63) is 77.4 Å². The van der Waals surface area contributed by atoms with Gasteiger partial charge in [-0.1, -0.05) is 17.3 Å². The van der Waals surface area contributed by atoms with Crippen LogP contribution in [0, 0.1) is 5.82 Å². The normalized spacial score (nSPS) is 10.4. The molecule has 3 rings (SSSR count). The molecule has 2 amide bonds. The number of aromatic nitrogens is 3. The van der Waals surface area contributed by atoms with Crippen LogP contribution in [0.25, 0.3) is 5.69 Å². The van der Waals surface area contributed by atoms with Crippen molar-refractivity contribution < 1.29 is 14.0 Å². The molecule has 2 N–H and O–H groups in total. The molecule has 0 aliphatic rings. The van der Waals surface area contributed by atoms with E-state index in [1.165, 1.54) is 23.0 Å². The minimum absolute atomic E-state index is 0.138. The zero-order chi connectivity index (χ0) is 19.2. The number of amides is 2. The lowest BCUT2D eigenvalue weighted by Gasteiger charge is -2.04. The van der Waals surface area contributed by atoms with E-state index in [-0.39, 0.29) is 24.0 Å². The Morgan fingerprint density at radius 3 is 2.56 bits per heavy atom. The Bertz CT molecular complexity index is 953. The average Bonchev–Trinajstić information content (AvgIpc) is 3.17. The lowest BCUT2D eigenvalue weighted by atomic mass is 10.2. The SMILES string of the molecule is CCNC(=O)c1ccc(-n2cc(C(=O)NCc3cccc(F)c3)nn2)cc1. The predicted molar refractivity (Wildman–Crippen MR) is 96.9 cm³/mol. The summed E-state index contributed by atoms with van der Waals surface area (Å²) in [6.45, 7) is 2.59. The second-order valence-corrected chi connectivity index (χ2v) is 5.77. The summed E-state index contributed by atoms with van der Waals surface area (Å²) in [6, 6.07) is 12.8. The number of rotatable bonds is 6. The number of benzene rings is 2. The minimum Gasteiger partial charge on any atom is -0.352 e. The van der Waals surface area contributed by atoms with Gasteiger partial charge >= 0.3 is 0 Å². The van der Waals surface area contributed by atoms with Gasteiger partial charge in [-0.25, -0.2) is 9.07 Å². The van der Waals surface area contributed by atoms with Crippen LogP contribution in [0.5, 0.6) is 0 Å². The van der Waals surface area contributed by atoms with Gasteiger partial charge in [0, 0.05) is 18.7 Å². The van der Waals surface area contributed by atoms with E-state index in [1.807, 2.05) is 6.92 Å². The number of hydrogen-bond acceptors (Lipinski definition) is 4. The van der Waals surface area contributed by atoms with Gasteiger partial charge in [-0.2, -0.15) is 0 Å². The van der Waals surface area contributed by atoms with Crippen LogP contribution in [0.2, 0.25) is 0 Å². The summed E-state index contributed by atoms with van der Waals surface area (Å²) in [7, 11) is 0. The molecule has 0 radical (unpaired) electrons. The zero-order valence-corrected chi connectivity index (χ0v) is 14.6. The topological polar surface area (TPSA) is 88.9 Å². The van der Waals surface area contributed by atoms with Crippen molar-refractivity contribution >= 4 is 11.8 Å². The van der Waals surface area contributed by atoms with Crippen molar-refractivity contribution in [2.24, 2.45) is 0 Å². The molecule has 0 saturated carbocycles. The van der Waals surface area contributed by atoms with Gasteiger partial charge < -0.3 is 10.6 Å². The molecule has 1 aromatic heterocycles. The minimum atomic E-state index is -0.413. The summed E-state index contributed by atoms with van der Waals surface area (Å²) in [5.74, 6) is -0.923. The van der Waals surface area contributed by atoms with Gasteiger partial charge in [0.05, 0.1) is 11.9 Å². The van der Waals surface area contributed by atoms with Crippen LogP contribution in [-0.4, -0.2) is 33.4 Å². The van der Waals surface area contributed by atoms with E-state index in [4.69, 9.17) is 0 Å². The maximum atomic E-state index is 13.2. The number of nitrogens with zero attached hydrogens (tertiary/aromatic N) is 3. The van der Waals surface area contributed by atoms with Crippen LogP contribution in [0.4, 0.5) is 4.39 Å². The maximum absolute atomic E-state index is 13.2. The molecule has 2 aromatic carbocycles. The smallest absolute Gasteiger partial charge is 0.273 e. The fourth-order valence-corrected chi connectivity index (χ4v) is 2.44. The fourth-order valence-electron chi connectivity index (χ4n) is 2.44. The first-order valence-electron chi connectivity index (χ1n) is 8.40. The van der Waals surface area contributed by atoms with E-state index >= 15 is 0 Å². The molecule has 0 aliphatic heterocycles. The third-order valence-corrected chi connectivity index (χ3v) is 3.80. The third kappa shape index (κ3) is 4.55. The number of halogens is 1. The average molecular weight is 367 g/mol. The van der Waals surface area contributed by atoms with Crippen LogP contribution < -0.4 is 10.6 Å². The van der Waals surface area contributed by atoms with E-state index in [2.05, 4.69) is 20.9 Å². The Morgan fingerprint density at radius 2 is 1.85 bits per heavy atom. The van der Waals surface area contributed by atoms with Crippen molar-refractivity contribution in [1.29, 1.82) is 0 Å².